The molecule has 1 fully saturated rings. The van der Waals surface area contributed by atoms with Gasteiger partial charge in [0.2, 0.25) is 0 Å². The highest BCUT2D eigenvalue weighted by molar-refractivity contribution is 5.93. The summed E-state index contributed by atoms with van der Waals surface area (Å²) in [5.74, 6) is -0.996. The van der Waals surface area contributed by atoms with Crippen molar-refractivity contribution in [2.75, 3.05) is 32.2 Å². The van der Waals surface area contributed by atoms with E-state index in [-0.39, 0.29) is 11.2 Å². The maximum Gasteiger partial charge on any atom is 0.339 e. The van der Waals surface area contributed by atoms with Crippen molar-refractivity contribution in [1.29, 1.82) is 0 Å². The first-order valence-electron chi connectivity index (χ1n) is 6.13. The number of nitrogens with zero attached hydrogens (tertiary/aromatic N) is 1. The predicted molar refractivity (Wildman–Crippen MR) is 69.6 cm³/mol. The normalized spacial score (nSPS) is 22.4. The van der Waals surface area contributed by atoms with Crippen LogP contribution in [0.1, 0.15) is 22.5 Å². The molecule has 6 heteroatoms. The van der Waals surface area contributed by atoms with E-state index in [1.165, 1.54) is 6.20 Å². The van der Waals surface area contributed by atoms with Gasteiger partial charge in [0.15, 0.2) is 0 Å². The largest absolute Gasteiger partial charge is 0.478 e. The van der Waals surface area contributed by atoms with Crippen molar-refractivity contribution in [1.82, 2.24) is 4.98 Å². The van der Waals surface area contributed by atoms with E-state index in [2.05, 4.69) is 10.3 Å². The minimum Gasteiger partial charge on any atom is -0.478 e. The van der Waals surface area contributed by atoms with Crippen molar-refractivity contribution in [3.8, 4) is 0 Å². The Morgan fingerprint density at radius 1 is 1.68 bits per heavy atom. The Balaban J connectivity index is 2.14. The zero-order valence-electron chi connectivity index (χ0n) is 11.1. The first kappa shape index (κ1) is 13.8. The average Bonchev–Trinajstić information content (AvgIpc) is 2.85. The van der Waals surface area contributed by atoms with Gasteiger partial charge in [0.05, 0.1) is 12.3 Å². The van der Waals surface area contributed by atoms with Crippen molar-refractivity contribution in [2.24, 2.45) is 0 Å². The lowest BCUT2D eigenvalue weighted by atomic mass is 10.0. The summed E-state index contributed by atoms with van der Waals surface area (Å²) in [7, 11) is 1.65. The molecular weight excluding hydrogens is 248 g/mol. The van der Waals surface area contributed by atoms with Crippen molar-refractivity contribution < 1.29 is 19.4 Å². The summed E-state index contributed by atoms with van der Waals surface area (Å²) in [5, 5.41) is 12.3. The van der Waals surface area contributed by atoms with Crippen LogP contribution in [0, 0.1) is 6.92 Å². The van der Waals surface area contributed by atoms with Crippen LogP contribution in [0.4, 0.5) is 5.69 Å². The molecule has 1 saturated heterocycles. The van der Waals surface area contributed by atoms with Gasteiger partial charge in [-0.2, -0.15) is 0 Å². The van der Waals surface area contributed by atoms with E-state index in [1.807, 2.05) is 6.92 Å². The standard InChI is InChI=1S/C13H18N2O4/c1-9-5-11(10(6-14-9)12(16)17)15-7-13(18-2)3-4-19-8-13/h5-6H,3-4,7-8H2,1-2H3,(H,14,15)(H,16,17). The monoisotopic (exact) mass is 266 g/mol. The third-order valence-electron chi connectivity index (χ3n) is 3.37. The van der Waals surface area contributed by atoms with Crippen molar-refractivity contribution in [2.45, 2.75) is 18.9 Å². The Labute approximate surface area is 111 Å². The van der Waals surface area contributed by atoms with E-state index in [0.717, 1.165) is 12.1 Å². The smallest absolute Gasteiger partial charge is 0.339 e. The van der Waals surface area contributed by atoms with Gasteiger partial charge in [-0.25, -0.2) is 4.79 Å². The topological polar surface area (TPSA) is 80.7 Å². The number of hydrogen-bond donors (Lipinski definition) is 2. The number of nitrogens with one attached hydrogen (secondary N) is 1. The molecule has 2 rings (SSSR count). The number of aromatic carboxylic acids is 1. The zero-order valence-corrected chi connectivity index (χ0v) is 11.1. The Hall–Kier alpha value is -1.66. The van der Waals surface area contributed by atoms with Crippen LogP contribution in [0.15, 0.2) is 12.3 Å². The minimum atomic E-state index is -0.996. The molecule has 2 N–H and O–H groups in total. The molecule has 0 spiro atoms. The van der Waals surface area contributed by atoms with Crippen LogP contribution < -0.4 is 5.32 Å². The van der Waals surface area contributed by atoms with E-state index < -0.39 is 5.97 Å². The van der Waals surface area contributed by atoms with E-state index in [1.54, 1.807) is 13.2 Å². The number of carboxylic acid groups (broad SMARTS) is 1. The molecule has 0 aliphatic carbocycles. The highest BCUT2D eigenvalue weighted by Crippen LogP contribution is 2.24. The first-order valence-corrected chi connectivity index (χ1v) is 6.13. The van der Waals surface area contributed by atoms with E-state index in [4.69, 9.17) is 14.6 Å². The van der Waals surface area contributed by atoms with Crippen molar-refractivity contribution >= 4 is 11.7 Å². The lowest BCUT2D eigenvalue weighted by Gasteiger charge is -2.26. The molecular formula is C13H18N2O4. The molecule has 1 unspecified atom stereocenters. The second kappa shape index (κ2) is 5.54. The van der Waals surface area contributed by atoms with Gasteiger partial charge in [-0.3, -0.25) is 4.98 Å². The van der Waals surface area contributed by atoms with Crippen LogP contribution in [0.5, 0.6) is 0 Å². The molecule has 1 aliphatic rings. The van der Waals surface area contributed by atoms with Gasteiger partial charge < -0.3 is 19.9 Å². The SMILES string of the molecule is COC1(CNc2cc(C)ncc2C(=O)O)CCOC1. The minimum absolute atomic E-state index is 0.163. The van der Waals surface area contributed by atoms with Gasteiger partial charge in [-0.15, -0.1) is 0 Å². The molecule has 0 saturated carbocycles. The maximum absolute atomic E-state index is 11.1. The Kier molecular flexibility index (Phi) is 4.01. The molecule has 0 aromatic carbocycles. The fourth-order valence-corrected chi connectivity index (χ4v) is 2.09. The summed E-state index contributed by atoms with van der Waals surface area (Å²) in [6.45, 7) is 3.51. The van der Waals surface area contributed by atoms with Crippen molar-refractivity contribution in [3.63, 3.8) is 0 Å². The second-order valence-corrected chi connectivity index (χ2v) is 4.72. The molecule has 0 amide bonds. The zero-order chi connectivity index (χ0) is 13.9. The van der Waals surface area contributed by atoms with Crippen LogP contribution in [-0.4, -0.2) is 48.5 Å². The van der Waals surface area contributed by atoms with Crippen LogP contribution in [0.25, 0.3) is 0 Å². The van der Waals surface area contributed by atoms with Gasteiger partial charge >= 0.3 is 5.97 Å². The molecule has 1 aromatic heterocycles. The lowest BCUT2D eigenvalue weighted by molar-refractivity contribution is -0.00622. The van der Waals surface area contributed by atoms with Crippen molar-refractivity contribution in [3.05, 3.63) is 23.5 Å². The molecule has 0 radical (unpaired) electrons. The van der Waals surface area contributed by atoms with E-state index in [9.17, 15) is 4.79 Å². The van der Waals surface area contributed by atoms with E-state index >= 15 is 0 Å². The number of carboxylic acids is 1. The summed E-state index contributed by atoms with van der Waals surface area (Å²) in [5.41, 5.74) is 1.10. The van der Waals surface area contributed by atoms with Crippen LogP contribution in [0.2, 0.25) is 0 Å². The van der Waals surface area contributed by atoms with Gasteiger partial charge in [-0.05, 0) is 13.0 Å². The summed E-state index contributed by atoms with van der Waals surface area (Å²) < 4.78 is 10.8. The molecule has 19 heavy (non-hydrogen) atoms. The number of carbonyl (C=O) groups is 1. The number of aromatic nitrogens is 1. The first-order chi connectivity index (χ1) is 9.06. The number of methoxy groups -OCH3 is 1. The summed E-state index contributed by atoms with van der Waals surface area (Å²) in [4.78, 5) is 15.1. The predicted octanol–water partition coefficient (Wildman–Crippen LogP) is 1.31. The Morgan fingerprint density at radius 3 is 3.05 bits per heavy atom. The molecule has 6 nitrogen and oxygen atoms in total. The quantitative estimate of drug-likeness (QED) is 0.836. The Morgan fingerprint density at radius 2 is 2.47 bits per heavy atom. The second-order valence-electron chi connectivity index (χ2n) is 4.72. The lowest BCUT2D eigenvalue weighted by Crippen LogP contribution is -2.39. The molecule has 0 bridgehead atoms. The van der Waals surface area contributed by atoms with Gasteiger partial charge in [0, 0.05) is 38.6 Å². The molecule has 1 atom stereocenters. The number of aryl methyl sites for hydroxylation is 1. The fraction of sp³-hybridized carbons (Fsp3) is 0.538. The Bertz CT molecular complexity index is 470. The number of anilines is 1. The fourth-order valence-electron chi connectivity index (χ4n) is 2.09. The molecule has 104 valence electrons. The maximum atomic E-state index is 11.1. The third kappa shape index (κ3) is 3.02. The summed E-state index contributed by atoms with van der Waals surface area (Å²) in [6, 6.07) is 1.72. The van der Waals surface area contributed by atoms with Gasteiger partial charge in [0.1, 0.15) is 11.2 Å². The van der Waals surface area contributed by atoms with Gasteiger partial charge in [0.25, 0.3) is 0 Å². The summed E-state index contributed by atoms with van der Waals surface area (Å²) >= 11 is 0. The molecule has 1 aromatic rings. The van der Waals surface area contributed by atoms with Crippen LogP contribution >= 0.6 is 0 Å². The highest BCUT2D eigenvalue weighted by atomic mass is 16.5. The average molecular weight is 266 g/mol. The number of hydrogen-bond acceptors (Lipinski definition) is 5. The number of ether oxygens (including phenoxy) is 2. The van der Waals surface area contributed by atoms with Gasteiger partial charge in [-0.1, -0.05) is 0 Å². The molecule has 2 heterocycles. The molecule has 1 aliphatic heterocycles. The number of pyridine rings is 1. The van der Waals surface area contributed by atoms with E-state index in [0.29, 0.717) is 25.4 Å². The highest BCUT2D eigenvalue weighted by Gasteiger charge is 2.35. The third-order valence-corrected chi connectivity index (χ3v) is 3.37. The van der Waals surface area contributed by atoms with Crippen LogP contribution in [-0.2, 0) is 9.47 Å². The van der Waals surface area contributed by atoms with Crippen LogP contribution in [0.3, 0.4) is 0 Å². The summed E-state index contributed by atoms with van der Waals surface area (Å²) in [6.07, 6.45) is 2.16. The number of rotatable bonds is 5.